The lowest BCUT2D eigenvalue weighted by Gasteiger charge is -2.12. The second-order valence-electron chi connectivity index (χ2n) is 5.46. The standard InChI is InChI=1S/C19H21NO6/c1-25-17-7-3-12(9-18(17)26-2)4-8-19(24)20-11-16(23)13-5-6-14(21)15(22)10-13/h3-10,16,21-23H,11H2,1-2H3,(H,20,24)/t16-/m1/s1. The van der Waals surface area contributed by atoms with Gasteiger partial charge in [-0.2, -0.15) is 0 Å². The number of carbonyl (C=O) groups excluding carboxylic acids is 1. The first kappa shape index (κ1) is 19.1. The predicted molar refractivity (Wildman–Crippen MR) is 96.3 cm³/mol. The third kappa shape index (κ3) is 4.90. The largest absolute Gasteiger partial charge is 0.504 e. The van der Waals surface area contributed by atoms with Crippen LogP contribution in [0.3, 0.4) is 0 Å². The quantitative estimate of drug-likeness (QED) is 0.445. The fourth-order valence-corrected chi connectivity index (χ4v) is 2.25. The highest BCUT2D eigenvalue weighted by Crippen LogP contribution is 2.28. The van der Waals surface area contributed by atoms with Gasteiger partial charge < -0.3 is 30.1 Å². The molecular weight excluding hydrogens is 338 g/mol. The number of amides is 1. The smallest absolute Gasteiger partial charge is 0.244 e. The lowest BCUT2D eigenvalue weighted by Crippen LogP contribution is -2.26. The molecule has 26 heavy (non-hydrogen) atoms. The van der Waals surface area contributed by atoms with Crippen LogP contribution in [0.4, 0.5) is 0 Å². The molecule has 0 aliphatic heterocycles. The molecular formula is C19H21NO6. The number of carbonyl (C=O) groups is 1. The highest BCUT2D eigenvalue weighted by molar-refractivity contribution is 5.91. The van der Waals surface area contributed by atoms with E-state index in [-0.39, 0.29) is 24.0 Å². The summed E-state index contributed by atoms with van der Waals surface area (Å²) in [7, 11) is 3.07. The maximum atomic E-state index is 11.9. The van der Waals surface area contributed by atoms with Crippen molar-refractivity contribution in [3.63, 3.8) is 0 Å². The van der Waals surface area contributed by atoms with Gasteiger partial charge >= 0.3 is 0 Å². The van der Waals surface area contributed by atoms with Gasteiger partial charge in [-0.15, -0.1) is 0 Å². The van der Waals surface area contributed by atoms with Gasteiger partial charge in [0.2, 0.25) is 5.91 Å². The second-order valence-corrected chi connectivity index (χ2v) is 5.46. The van der Waals surface area contributed by atoms with Crippen LogP contribution in [0.5, 0.6) is 23.0 Å². The van der Waals surface area contributed by atoms with Crippen LogP contribution >= 0.6 is 0 Å². The van der Waals surface area contributed by atoms with Gasteiger partial charge in [0, 0.05) is 12.6 Å². The fraction of sp³-hybridized carbons (Fsp3) is 0.211. The molecule has 1 atom stereocenters. The van der Waals surface area contributed by atoms with Crippen LogP contribution in [0.2, 0.25) is 0 Å². The number of hydrogen-bond donors (Lipinski definition) is 4. The maximum Gasteiger partial charge on any atom is 0.244 e. The van der Waals surface area contributed by atoms with Crippen LogP contribution in [0.15, 0.2) is 42.5 Å². The van der Waals surface area contributed by atoms with Crippen LogP contribution in [-0.2, 0) is 4.79 Å². The number of aliphatic hydroxyl groups is 1. The summed E-state index contributed by atoms with van der Waals surface area (Å²) in [6, 6.07) is 9.22. The zero-order valence-corrected chi connectivity index (χ0v) is 14.5. The number of nitrogens with one attached hydrogen (secondary N) is 1. The van der Waals surface area contributed by atoms with Crippen LogP contribution in [-0.4, -0.2) is 42.0 Å². The first-order valence-corrected chi connectivity index (χ1v) is 7.82. The monoisotopic (exact) mass is 359 g/mol. The van der Waals surface area contributed by atoms with Crippen molar-refractivity contribution in [3.05, 3.63) is 53.6 Å². The minimum absolute atomic E-state index is 0.0423. The molecule has 2 rings (SSSR count). The molecule has 0 aliphatic carbocycles. The Morgan fingerprint density at radius 3 is 2.46 bits per heavy atom. The minimum atomic E-state index is -1.01. The predicted octanol–water partition coefficient (Wildman–Crippen LogP) is 1.98. The Balaban J connectivity index is 1.93. The summed E-state index contributed by atoms with van der Waals surface area (Å²) in [5, 5.41) is 31.3. The lowest BCUT2D eigenvalue weighted by atomic mass is 10.1. The van der Waals surface area contributed by atoms with Gasteiger partial charge in [0.05, 0.1) is 20.3 Å². The lowest BCUT2D eigenvalue weighted by molar-refractivity contribution is -0.116. The number of phenolic OH excluding ortho intramolecular Hbond substituents is 2. The van der Waals surface area contributed by atoms with Crippen molar-refractivity contribution in [2.75, 3.05) is 20.8 Å². The molecule has 2 aromatic rings. The number of rotatable bonds is 7. The van der Waals surface area contributed by atoms with Gasteiger partial charge in [-0.25, -0.2) is 0 Å². The molecule has 7 nitrogen and oxygen atoms in total. The molecule has 0 aromatic heterocycles. The molecule has 0 heterocycles. The topological polar surface area (TPSA) is 108 Å². The van der Waals surface area contributed by atoms with Crippen molar-refractivity contribution in [3.8, 4) is 23.0 Å². The van der Waals surface area contributed by atoms with Crippen molar-refractivity contribution in [1.82, 2.24) is 5.32 Å². The minimum Gasteiger partial charge on any atom is -0.504 e. The van der Waals surface area contributed by atoms with Crippen molar-refractivity contribution in [2.45, 2.75) is 6.10 Å². The molecule has 0 fully saturated rings. The van der Waals surface area contributed by atoms with E-state index < -0.39 is 6.10 Å². The van der Waals surface area contributed by atoms with Crippen LogP contribution in [0, 0.1) is 0 Å². The molecule has 138 valence electrons. The van der Waals surface area contributed by atoms with Crippen LogP contribution in [0.25, 0.3) is 6.08 Å². The number of aliphatic hydroxyl groups excluding tert-OH is 1. The molecule has 0 spiro atoms. The fourth-order valence-electron chi connectivity index (χ4n) is 2.25. The Morgan fingerprint density at radius 1 is 1.08 bits per heavy atom. The molecule has 0 aliphatic rings. The van der Waals surface area contributed by atoms with Crippen LogP contribution < -0.4 is 14.8 Å². The van der Waals surface area contributed by atoms with E-state index in [9.17, 15) is 20.1 Å². The SMILES string of the molecule is COc1ccc(C=CC(=O)NC[C@@H](O)c2ccc(O)c(O)c2)cc1OC. The zero-order valence-electron chi connectivity index (χ0n) is 14.5. The normalized spacial score (nSPS) is 12.0. The Kier molecular flexibility index (Phi) is 6.46. The molecule has 0 saturated heterocycles. The molecule has 4 N–H and O–H groups in total. The van der Waals surface area contributed by atoms with Gasteiger partial charge in [-0.05, 0) is 41.5 Å². The molecule has 0 bridgehead atoms. The van der Waals surface area contributed by atoms with E-state index >= 15 is 0 Å². The van der Waals surface area contributed by atoms with Crippen LogP contribution in [0.1, 0.15) is 17.2 Å². The van der Waals surface area contributed by atoms with Gasteiger partial charge in [0.15, 0.2) is 23.0 Å². The van der Waals surface area contributed by atoms with Crippen molar-refractivity contribution >= 4 is 12.0 Å². The Hall–Kier alpha value is -3.19. The summed E-state index contributed by atoms with van der Waals surface area (Å²) in [5.41, 5.74) is 1.13. The van der Waals surface area contributed by atoms with Gasteiger partial charge in [-0.1, -0.05) is 12.1 Å². The highest BCUT2D eigenvalue weighted by Gasteiger charge is 2.11. The van der Waals surface area contributed by atoms with E-state index in [1.54, 1.807) is 31.4 Å². The number of aromatic hydroxyl groups is 2. The summed E-state index contributed by atoms with van der Waals surface area (Å²) < 4.78 is 10.3. The van der Waals surface area contributed by atoms with Gasteiger partial charge in [0.1, 0.15) is 0 Å². The number of hydrogen-bond acceptors (Lipinski definition) is 6. The molecule has 0 saturated carbocycles. The first-order valence-electron chi connectivity index (χ1n) is 7.82. The van der Waals surface area contributed by atoms with E-state index in [0.717, 1.165) is 5.56 Å². The third-order valence-electron chi connectivity index (χ3n) is 3.69. The molecule has 2 aromatic carbocycles. The van der Waals surface area contributed by atoms with Gasteiger partial charge in [-0.3, -0.25) is 4.79 Å². The Labute approximate surface area is 151 Å². The summed E-state index contributed by atoms with van der Waals surface area (Å²) in [6.07, 6.45) is 1.93. The number of methoxy groups -OCH3 is 2. The second kappa shape index (κ2) is 8.77. The number of ether oxygens (including phenoxy) is 2. The Bertz CT molecular complexity index is 803. The van der Waals surface area contributed by atoms with Crippen molar-refractivity contribution < 1.29 is 29.6 Å². The van der Waals surface area contributed by atoms with E-state index in [1.807, 2.05) is 0 Å². The number of benzene rings is 2. The molecule has 0 radical (unpaired) electrons. The highest BCUT2D eigenvalue weighted by atomic mass is 16.5. The summed E-state index contributed by atoms with van der Waals surface area (Å²) in [4.78, 5) is 11.9. The van der Waals surface area contributed by atoms with E-state index in [0.29, 0.717) is 17.1 Å². The number of phenols is 2. The maximum absolute atomic E-state index is 11.9. The molecule has 1 amide bonds. The van der Waals surface area contributed by atoms with E-state index in [1.165, 1.54) is 31.4 Å². The summed E-state index contributed by atoms with van der Waals surface area (Å²) in [6.45, 7) is -0.0423. The molecule has 0 unspecified atom stereocenters. The first-order chi connectivity index (χ1) is 12.4. The summed E-state index contributed by atoms with van der Waals surface area (Å²) in [5.74, 6) is 0.151. The van der Waals surface area contributed by atoms with Gasteiger partial charge in [0.25, 0.3) is 0 Å². The van der Waals surface area contributed by atoms with E-state index in [2.05, 4.69) is 5.32 Å². The van der Waals surface area contributed by atoms with Crippen molar-refractivity contribution in [1.29, 1.82) is 0 Å². The average molecular weight is 359 g/mol. The average Bonchev–Trinajstić information content (AvgIpc) is 2.66. The zero-order chi connectivity index (χ0) is 19.1. The third-order valence-corrected chi connectivity index (χ3v) is 3.69. The van der Waals surface area contributed by atoms with Crippen molar-refractivity contribution in [2.24, 2.45) is 0 Å². The summed E-state index contributed by atoms with van der Waals surface area (Å²) >= 11 is 0. The molecule has 7 heteroatoms. The van der Waals surface area contributed by atoms with E-state index in [4.69, 9.17) is 9.47 Å². The Morgan fingerprint density at radius 2 is 1.81 bits per heavy atom.